The average Bonchev–Trinajstić information content (AvgIpc) is 3.00. The van der Waals surface area contributed by atoms with Gasteiger partial charge in [-0.15, -0.1) is 11.3 Å². The minimum Gasteiger partial charge on any atom is -0.326 e. The first kappa shape index (κ1) is 14.7. The molecule has 0 saturated carbocycles. The minimum atomic E-state index is 0.537. The van der Waals surface area contributed by atoms with Crippen LogP contribution in [0.3, 0.4) is 0 Å². The summed E-state index contributed by atoms with van der Waals surface area (Å²) in [6, 6.07) is 14.0. The van der Waals surface area contributed by atoms with Gasteiger partial charge in [-0.05, 0) is 39.7 Å². The van der Waals surface area contributed by atoms with Gasteiger partial charge in [-0.25, -0.2) is 4.98 Å². The fourth-order valence-electron chi connectivity index (χ4n) is 2.03. The van der Waals surface area contributed by atoms with Gasteiger partial charge in [0.15, 0.2) is 0 Å². The Morgan fingerprint density at radius 1 is 1.14 bits per heavy atom. The van der Waals surface area contributed by atoms with E-state index in [2.05, 4.69) is 33.4 Å². The van der Waals surface area contributed by atoms with E-state index in [9.17, 15) is 0 Å². The Labute approximate surface area is 140 Å². The normalized spacial score (nSPS) is 10.8. The molecule has 106 valence electrons. The van der Waals surface area contributed by atoms with Crippen molar-refractivity contribution in [1.29, 1.82) is 0 Å². The molecule has 0 spiro atoms. The van der Waals surface area contributed by atoms with Crippen molar-refractivity contribution in [2.75, 3.05) is 0 Å². The van der Waals surface area contributed by atoms with Gasteiger partial charge >= 0.3 is 0 Å². The number of aromatic nitrogens is 1. The van der Waals surface area contributed by atoms with Crippen molar-refractivity contribution < 1.29 is 0 Å². The Balaban J connectivity index is 1.97. The lowest BCUT2D eigenvalue weighted by atomic mass is 10.1. The van der Waals surface area contributed by atoms with Crippen molar-refractivity contribution in [1.82, 2.24) is 4.98 Å². The smallest absolute Gasteiger partial charge is 0.124 e. The molecule has 2 aromatic carbocycles. The number of hydrogen-bond donors (Lipinski definition) is 1. The molecule has 1 heterocycles. The third-order valence-electron chi connectivity index (χ3n) is 3.13. The van der Waals surface area contributed by atoms with E-state index in [0.717, 1.165) is 31.9 Å². The van der Waals surface area contributed by atoms with Gasteiger partial charge in [-0.3, -0.25) is 0 Å². The Hall–Kier alpha value is -1.20. The van der Waals surface area contributed by atoms with Crippen LogP contribution in [0.2, 0.25) is 5.02 Å². The molecule has 3 aromatic rings. The van der Waals surface area contributed by atoms with E-state index in [1.807, 2.05) is 30.3 Å². The van der Waals surface area contributed by atoms with E-state index >= 15 is 0 Å². The molecule has 2 N–H and O–H groups in total. The number of benzene rings is 2. The number of hydrogen-bond acceptors (Lipinski definition) is 3. The summed E-state index contributed by atoms with van der Waals surface area (Å²) in [5, 5.41) is 3.74. The van der Waals surface area contributed by atoms with Gasteiger partial charge in [0.1, 0.15) is 5.01 Å². The first-order valence-electron chi connectivity index (χ1n) is 6.37. The highest BCUT2D eigenvalue weighted by molar-refractivity contribution is 9.10. The summed E-state index contributed by atoms with van der Waals surface area (Å²) in [5.41, 5.74) is 9.91. The number of nitrogens with zero attached hydrogens (tertiary/aromatic N) is 1. The summed E-state index contributed by atoms with van der Waals surface area (Å²) < 4.78 is 0.878. The molecule has 0 unspecified atom stereocenters. The Kier molecular flexibility index (Phi) is 4.40. The molecule has 5 heteroatoms. The second-order valence-electron chi connectivity index (χ2n) is 4.57. The van der Waals surface area contributed by atoms with E-state index < -0.39 is 0 Å². The lowest BCUT2D eigenvalue weighted by Gasteiger charge is -2.01. The molecule has 0 atom stereocenters. The molecule has 0 radical (unpaired) electrons. The highest BCUT2D eigenvalue weighted by atomic mass is 79.9. The highest BCUT2D eigenvalue weighted by Crippen LogP contribution is 2.32. The molecule has 0 aliphatic rings. The zero-order valence-corrected chi connectivity index (χ0v) is 14.2. The Morgan fingerprint density at radius 3 is 2.76 bits per heavy atom. The van der Waals surface area contributed by atoms with E-state index in [-0.39, 0.29) is 0 Å². The van der Waals surface area contributed by atoms with E-state index in [1.165, 1.54) is 0 Å². The maximum Gasteiger partial charge on any atom is 0.124 e. The topological polar surface area (TPSA) is 38.9 Å². The van der Waals surface area contributed by atoms with Crippen molar-refractivity contribution in [3.8, 4) is 21.8 Å². The van der Waals surface area contributed by atoms with Gasteiger partial charge in [0.05, 0.1) is 10.7 Å². The molecule has 0 saturated heterocycles. The first-order chi connectivity index (χ1) is 10.2. The molecule has 0 bridgehead atoms. The zero-order valence-electron chi connectivity index (χ0n) is 11.0. The third kappa shape index (κ3) is 3.19. The van der Waals surface area contributed by atoms with E-state index in [4.69, 9.17) is 22.3 Å². The maximum absolute atomic E-state index is 6.03. The molecule has 2 nitrogen and oxygen atoms in total. The molecular formula is C16H12BrClN2S. The fraction of sp³-hybridized carbons (Fsp3) is 0.0625. The van der Waals surface area contributed by atoms with Crippen LogP contribution in [0, 0.1) is 0 Å². The molecule has 1 aromatic heterocycles. The summed E-state index contributed by atoms with van der Waals surface area (Å²) in [4.78, 5) is 4.71. The lowest BCUT2D eigenvalue weighted by molar-refractivity contribution is 1.07. The van der Waals surface area contributed by atoms with Crippen LogP contribution < -0.4 is 5.73 Å². The first-order valence-corrected chi connectivity index (χ1v) is 8.43. The maximum atomic E-state index is 6.03. The SMILES string of the molecule is NCc1cccc(-c2csc(-c3ccc(Cl)c(Br)c3)n2)c1. The van der Waals surface area contributed by atoms with Gasteiger partial charge in [0.2, 0.25) is 0 Å². The van der Waals surface area contributed by atoms with Crippen LogP contribution in [0.1, 0.15) is 5.56 Å². The van der Waals surface area contributed by atoms with Crippen molar-refractivity contribution in [2.45, 2.75) is 6.54 Å². The van der Waals surface area contributed by atoms with E-state index in [1.54, 1.807) is 11.3 Å². The molecule has 0 amide bonds. The number of thiazole rings is 1. The third-order valence-corrected chi connectivity index (χ3v) is 5.23. The summed E-state index contributed by atoms with van der Waals surface area (Å²) in [6.45, 7) is 0.537. The molecule has 0 aliphatic heterocycles. The van der Waals surface area contributed by atoms with Crippen molar-refractivity contribution in [3.05, 3.63) is 62.9 Å². The van der Waals surface area contributed by atoms with Gasteiger partial charge in [0.25, 0.3) is 0 Å². The van der Waals surface area contributed by atoms with Crippen molar-refractivity contribution in [3.63, 3.8) is 0 Å². The van der Waals surface area contributed by atoms with E-state index in [0.29, 0.717) is 11.6 Å². The minimum absolute atomic E-state index is 0.537. The quantitative estimate of drug-likeness (QED) is 0.666. The predicted molar refractivity (Wildman–Crippen MR) is 93.6 cm³/mol. The molecule has 21 heavy (non-hydrogen) atoms. The lowest BCUT2D eigenvalue weighted by Crippen LogP contribution is -1.95. The largest absolute Gasteiger partial charge is 0.326 e. The van der Waals surface area contributed by atoms with Crippen LogP contribution in [-0.2, 0) is 6.54 Å². The van der Waals surface area contributed by atoms with Gasteiger partial charge in [-0.1, -0.05) is 35.9 Å². The number of halogens is 2. The van der Waals surface area contributed by atoms with Gasteiger partial charge in [-0.2, -0.15) is 0 Å². The summed E-state index contributed by atoms with van der Waals surface area (Å²) in [6.07, 6.45) is 0. The monoisotopic (exact) mass is 378 g/mol. The molecule has 3 rings (SSSR count). The van der Waals surface area contributed by atoms with Gasteiger partial charge in [0, 0.05) is 27.5 Å². The summed E-state index contributed by atoms with van der Waals surface area (Å²) in [5.74, 6) is 0. The average molecular weight is 380 g/mol. The van der Waals surface area contributed by atoms with Crippen LogP contribution in [-0.4, -0.2) is 4.98 Å². The Morgan fingerprint density at radius 2 is 2.00 bits per heavy atom. The summed E-state index contributed by atoms with van der Waals surface area (Å²) >= 11 is 11.1. The zero-order chi connectivity index (χ0) is 14.8. The molecule has 0 aliphatic carbocycles. The summed E-state index contributed by atoms with van der Waals surface area (Å²) in [7, 11) is 0. The van der Waals surface area contributed by atoms with Crippen LogP contribution in [0.5, 0.6) is 0 Å². The fourth-order valence-corrected chi connectivity index (χ4v) is 3.35. The molecular weight excluding hydrogens is 368 g/mol. The predicted octanol–water partition coefficient (Wildman–Crippen LogP) is 5.35. The van der Waals surface area contributed by atoms with Crippen LogP contribution in [0.25, 0.3) is 21.8 Å². The Bertz CT molecular complexity index is 785. The number of rotatable bonds is 3. The number of nitrogens with two attached hydrogens (primary N) is 1. The molecule has 0 fully saturated rings. The standard InChI is InChI=1S/C16H12BrClN2S/c17-13-7-12(4-5-14(13)18)16-20-15(9-21-16)11-3-1-2-10(6-11)8-19/h1-7,9H,8,19H2. The van der Waals surface area contributed by atoms with Crippen LogP contribution >= 0.6 is 38.9 Å². The highest BCUT2D eigenvalue weighted by Gasteiger charge is 2.08. The van der Waals surface area contributed by atoms with Crippen molar-refractivity contribution in [2.24, 2.45) is 5.73 Å². The second-order valence-corrected chi connectivity index (χ2v) is 6.69. The second kappa shape index (κ2) is 6.28. The van der Waals surface area contributed by atoms with Gasteiger partial charge < -0.3 is 5.73 Å². The van der Waals surface area contributed by atoms with Crippen LogP contribution in [0.4, 0.5) is 0 Å². The van der Waals surface area contributed by atoms with Crippen molar-refractivity contribution >= 4 is 38.9 Å². The van der Waals surface area contributed by atoms with Crippen LogP contribution in [0.15, 0.2) is 52.3 Å².